The molecule has 1 saturated heterocycles. The second-order valence-electron chi connectivity index (χ2n) is 4.66. The molecular formula is C14H16N2O4. The van der Waals surface area contributed by atoms with E-state index < -0.39 is 6.04 Å². The Morgan fingerprint density at radius 2 is 2.35 bits per heavy atom. The van der Waals surface area contributed by atoms with E-state index in [1.807, 2.05) is 29.2 Å². The number of esters is 1. The van der Waals surface area contributed by atoms with Gasteiger partial charge in [0, 0.05) is 6.54 Å². The molecule has 1 aliphatic rings. The molecule has 1 aliphatic heterocycles. The van der Waals surface area contributed by atoms with E-state index in [0.717, 1.165) is 11.1 Å². The number of oxazole rings is 1. The largest absolute Gasteiger partial charge is 0.468 e. The first-order chi connectivity index (χ1) is 9.78. The topological polar surface area (TPSA) is 64.8 Å². The van der Waals surface area contributed by atoms with Crippen LogP contribution in [0.2, 0.25) is 0 Å². The fourth-order valence-corrected chi connectivity index (χ4v) is 2.34. The molecule has 2 heterocycles. The van der Waals surface area contributed by atoms with Crippen molar-refractivity contribution in [2.45, 2.75) is 12.6 Å². The highest BCUT2D eigenvalue weighted by atomic mass is 16.5. The van der Waals surface area contributed by atoms with Gasteiger partial charge in [-0.15, -0.1) is 0 Å². The lowest BCUT2D eigenvalue weighted by molar-refractivity contribution is -0.153. The van der Waals surface area contributed by atoms with Crippen LogP contribution in [0.3, 0.4) is 0 Å². The van der Waals surface area contributed by atoms with Crippen molar-refractivity contribution in [3.8, 4) is 0 Å². The summed E-state index contributed by atoms with van der Waals surface area (Å²) in [6.45, 7) is 2.05. The predicted molar refractivity (Wildman–Crippen MR) is 71.0 cm³/mol. The number of hydrogen-bond acceptors (Lipinski definition) is 6. The molecule has 1 aromatic heterocycles. The first-order valence-corrected chi connectivity index (χ1v) is 6.52. The second-order valence-corrected chi connectivity index (χ2v) is 4.66. The molecule has 0 spiro atoms. The van der Waals surface area contributed by atoms with Crippen molar-refractivity contribution in [3.63, 3.8) is 0 Å². The Morgan fingerprint density at radius 1 is 1.50 bits per heavy atom. The summed E-state index contributed by atoms with van der Waals surface area (Å²) in [5.74, 6) is 0.308. The number of carbonyl (C=O) groups excluding carboxylic acids is 1. The van der Waals surface area contributed by atoms with E-state index in [-0.39, 0.29) is 5.97 Å². The fraction of sp³-hybridized carbons (Fsp3) is 0.429. The Kier molecular flexibility index (Phi) is 3.66. The van der Waals surface area contributed by atoms with E-state index in [9.17, 15) is 4.79 Å². The number of ether oxygens (including phenoxy) is 2. The molecule has 0 N–H and O–H groups in total. The van der Waals surface area contributed by atoms with E-state index in [2.05, 4.69) is 4.98 Å². The minimum absolute atomic E-state index is 0.291. The molecular weight excluding hydrogens is 260 g/mol. The quantitative estimate of drug-likeness (QED) is 0.785. The van der Waals surface area contributed by atoms with Crippen LogP contribution in [0.1, 0.15) is 5.89 Å². The summed E-state index contributed by atoms with van der Waals surface area (Å²) in [5, 5.41) is 0. The van der Waals surface area contributed by atoms with Gasteiger partial charge in [-0.1, -0.05) is 12.1 Å². The predicted octanol–water partition coefficient (Wildman–Crippen LogP) is 1.20. The Bertz CT molecular complexity index is 577. The number of methoxy groups -OCH3 is 1. The molecule has 1 fully saturated rings. The maximum Gasteiger partial charge on any atom is 0.325 e. The molecule has 106 valence electrons. The van der Waals surface area contributed by atoms with Crippen LogP contribution in [0, 0.1) is 0 Å². The zero-order valence-corrected chi connectivity index (χ0v) is 11.2. The first kappa shape index (κ1) is 13.1. The smallest absolute Gasteiger partial charge is 0.325 e. The lowest BCUT2D eigenvalue weighted by Crippen LogP contribution is -2.49. The number of aromatic nitrogens is 1. The van der Waals surface area contributed by atoms with Gasteiger partial charge in [-0.05, 0) is 12.1 Å². The highest BCUT2D eigenvalue weighted by Crippen LogP contribution is 2.18. The summed E-state index contributed by atoms with van der Waals surface area (Å²) in [7, 11) is 1.38. The van der Waals surface area contributed by atoms with Crippen molar-refractivity contribution < 1.29 is 18.7 Å². The van der Waals surface area contributed by atoms with E-state index in [4.69, 9.17) is 13.9 Å². The lowest BCUT2D eigenvalue weighted by atomic mass is 10.2. The first-order valence-electron chi connectivity index (χ1n) is 6.52. The van der Waals surface area contributed by atoms with Crippen LogP contribution < -0.4 is 0 Å². The standard InChI is InChI=1S/C14H16N2O4/c1-18-14(17)11-9-19-7-6-16(11)8-13-15-10-4-2-3-5-12(10)20-13/h2-5,11H,6-9H2,1H3. The van der Waals surface area contributed by atoms with Gasteiger partial charge < -0.3 is 13.9 Å². The van der Waals surface area contributed by atoms with Crippen LogP contribution in [-0.4, -0.2) is 48.8 Å². The molecule has 2 aromatic rings. The fourth-order valence-electron chi connectivity index (χ4n) is 2.34. The van der Waals surface area contributed by atoms with Crippen molar-refractivity contribution in [1.29, 1.82) is 0 Å². The minimum atomic E-state index is -0.399. The van der Waals surface area contributed by atoms with Crippen molar-refractivity contribution in [3.05, 3.63) is 30.2 Å². The zero-order valence-electron chi connectivity index (χ0n) is 11.2. The second kappa shape index (κ2) is 5.60. The Hall–Kier alpha value is -1.92. The molecule has 0 saturated carbocycles. The molecule has 1 unspecified atom stereocenters. The maximum atomic E-state index is 11.7. The van der Waals surface area contributed by atoms with E-state index in [1.165, 1.54) is 7.11 Å². The normalized spacial score (nSPS) is 20.1. The van der Waals surface area contributed by atoms with Gasteiger partial charge in [0.15, 0.2) is 5.58 Å². The van der Waals surface area contributed by atoms with Gasteiger partial charge in [0.25, 0.3) is 0 Å². The summed E-state index contributed by atoms with van der Waals surface area (Å²) < 4.78 is 15.8. The highest BCUT2D eigenvalue weighted by Gasteiger charge is 2.31. The van der Waals surface area contributed by atoms with Gasteiger partial charge in [0.05, 0.1) is 26.9 Å². The molecule has 3 rings (SSSR count). The van der Waals surface area contributed by atoms with Crippen LogP contribution in [0.25, 0.3) is 11.1 Å². The van der Waals surface area contributed by atoms with Crippen molar-refractivity contribution in [1.82, 2.24) is 9.88 Å². The van der Waals surface area contributed by atoms with Crippen LogP contribution in [0.5, 0.6) is 0 Å². The Morgan fingerprint density at radius 3 is 3.15 bits per heavy atom. The molecule has 1 aromatic carbocycles. The van der Waals surface area contributed by atoms with Crippen molar-refractivity contribution in [2.75, 3.05) is 26.9 Å². The molecule has 0 aliphatic carbocycles. The third kappa shape index (κ3) is 2.52. The SMILES string of the molecule is COC(=O)C1COCCN1Cc1nc2ccccc2o1. The molecule has 6 nitrogen and oxygen atoms in total. The van der Waals surface area contributed by atoms with Crippen LogP contribution >= 0.6 is 0 Å². The molecule has 20 heavy (non-hydrogen) atoms. The number of morpholine rings is 1. The van der Waals surface area contributed by atoms with E-state index in [0.29, 0.717) is 32.2 Å². The van der Waals surface area contributed by atoms with Gasteiger partial charge in [-0.3, -0.25) is 9.69 Å². The number of benzene rings is 1. The van der Waals surface area contributed by atoms with Gasteiger partial charge in [0.1, 0.15) is 11.6 Å². The molecule has 0 radical (unpaired) electrons. The molecule has 0 bridgehead atoms. The van der Waals surface area contributed by atoms with Gasteiger partial charge in [-0.2, -0.15) is 0 Å². The molecule has 1 atom stereocenters. The van der Waals surface area contributed by atoms with Crippen molar-refractivity contribution in [2.24, 2.45) is 0 Å². The summed E-state index contributed by atoms with van der Waals surface area (Å²) in [4.78, 5) is 18.1. The van der Waals surface area contributed by atoms with E-state index in [1.54, 1.807) is 0 Å². The number of hydrogen-bond donors (Lipinski definition) is 0. The number of rotatable bonds is 3. The monoisotopic (exact) mass is 276 g/mol. The van der Waals surface area contributed by atoms with Crippen molar-refractivity contribution >= 4 is 17.1 Å². The van der Waals surface area contributed by atoms with Crippen LogP contribution in [0.15, 0.2) is 28.7 Å². The number of carbonyl (C=O) groups is 1. The van der Waals surface area contributed by atoms with Crippen LogP contribution in [0.4, 0.5) is 0 Å². The van der Waals surface area contributed by atoms with Gasteiger partial charge >= 0.3 is 5.97 Å². The summed E-state index contributed by atoms with van der Waals surface area (Å²) in [6.07, 6.45) is 0. The average molecular weight is 276 g/mol. The lowest BCUT2D eigenvalue weighted by Gasteiger charge is -2.32. The Labute approximate surface area is 116 Å². The van der Waals surface area contributed by atoms with Crippen LogP contribution in [-0.2, 0) is 20.8 Å². The minimum Gasteiger partial charge on any atom is -0.468 e. The Balaban J connectivity index is 1.79. The maximum absolute atomic E-state index is 11.7. The molecule has 6 heteroatoms. The third-order valence-electron chi connectivity index (χ3n) is 3.39. The summed E-state index contributed by atoms with van der Waals surface area (Å²) >= 11 is 0. The third-order valence-corrected chi connectivity index (χ3v) is 3.39. The summed E-state index contributed by atoms with van der Waals surface area (Å²) in [5.41, 5.74) is 1.58. The zero-order chi connectivity index (χ0) is 13.9. The molecule has 0 amide bonds. The van der Waals surface area contributed by atoms with Gasteiger partial charge in [-0.25, -0.2) is 4.98 Å². The average Bonchev–Trinajstić information content (AvgIpc) is 2.89. The summed E-state index contributed by atoms with van der Waals surface area (Å²) in [6, 6.07) is 7.20. The number of nitrogens with zero attached hydrogens (tertiary/aromatic N) is 2. The number of para-hydroxylation sites is 2. The van der Waals surface area contributed by atoms with E-state index >= 15 is 0 Å². The van der Waals surface area contributed by atoms with Gasteiger partial charge in [0.2, 0.25) is 5.89 Å². The highest BCUT2D eigenvalue weighted by molar-refractivity contribution is 5.76. The number of fused-ring (bicyclic) bond motifs is 1.